The van der Waals surface area contributed by atoms with Gasteiger partial charge in [0.2, 0.25) is 0 Å². The number of carboxylic acid groups (broad SMARTS) is 1. The van der Waals surface area contributed by atoms with E-state index in [4.69, 9.17) is 5.11 Å². The van der Waals surface area contributed by atoms with Crippen molar-refractivity contribution in [2.75, 3.05) is 6.54 Å². The second kappa shape index (κ2) is 6.20. The number of aliphatic carboxylic acids is 1. The van der Waals surface area contributed by atoms with Crippen LogP contribution in [0.25, 0.3) is 0 Å². The quantitative estimate of drug-likeness (QED) is 0.739. The molecule has 1 fully saturated rings. The van der Waals surface area contributed by atoms with Crippen molar-refractivity contribution in [3.63, 3.8) is 0 Å². The highest BCUT2D eigenvalue weighted by molar-refractivity contribution is 5.70. The van der Waals surface area contributed by atoms with E-state index in [1.807, 2.05) is 0 Å². The van der Waals surface area contributed by atoms with Crippen LogP contribution in [0.1, 0.15) is 44.9 Å². The third-order valence-corrected chi connectivity index (χ3v) is 4.10. The van der Waals surface area contributed by atoms with Gasteiger partial charge >= 0.3 is 5.97 Å². The van der Waals surface area contributed by atoms with Crippen molar-refractivity contribution in [3.05, 3.63) is 12.2 Å². The first-order valence-corrected chi connectivity index (χ1v) is 6.87. The second-order valence-electron chi connectivity index (χ2n) is 5.46. The van der Waals surface area contributed by atoms with Gasteiger partial charge in [-0.05, 0) is 51.0 Å². The molecule has 0 aliphatic heterocycles. The Morgan fingerprint density at radius 1 is 1.29 bits per heavy atom. The Hall–Kier alpha value is -0.830. The van der Waals surface area contributed by atoms with Crippen molar-refractivity contribution in [1.82, 2.24) is 5.32 Å². The van der Waals surface area contributed by atoms with Gasteiger partial charge in [0.15, 0.2) is 0 Å². The van der Waals surface area contributed by atoms with E-state index >= 15 is 0 Å². The molecule has 2 aliphatic rings. The predicted molar refractivity (Wildman–Crippen MR) is 67.9 cm³/mol. The highest BCUT2D eigenvalue weighted by Gasteiger charge is 2.26. The van der Waals surface area contributed by atoms with E-state index in [1.54, 1.807) is 0 Å². The van der Waals surface area contributed by atoms with Crippen molar-refractivity contribution in [2.24, 2.45) is 11.8 Å². The van der Waals surface area contributed by atoms with Crippen molar-refractivity contribution < 1.29 is 9.90 Å². The Morgan fingerprint density at radius 2 is 2.18 bits per heavy atom. The first-order valence-electron chi connectivity index (χ1n) is 6.87. The van der Waals surface area contributed by atoms with E-state index in [2.05, 4.69) is 17.5 Å². The maximum atomic E-state index is 11.0. The molecule has 1 saturated carbocycles. The Balaban J connectivity index is 1.71. The number of nitrogens with one attached hydrogen (secondary N) is 1. The molecule has 0 radical (unpaired) electrons. The zero-order valence-corrected chi connectivity index (χ0v) is 10.4. The third-order valence-electron chi connectivity index (χ3n) is 4.10. The van der Waals surface area contributed by atoms with E-state index in [9.17, 15) is 4.79 Å². The molecule has 2 N–H and O–H groups in total. The predicted octanol–water partition coefficient (Wildman–Crippen LogP) is 2.58. The fourth-order valence-electron chi connectivity index (χ4n) is 2.97. The molecule has 0 aromatic rings. The highest BCUT2D eigenvalue weighted by atomic mass is 16.4. The summed E-state index contributed by atoms with van der Waals surface area (Å²) in [6, 6.07) is 0.427. The van der Waals surface area contributed by atoms with Crippen LogP contribution in [-0.2, 0) is 4.79 Å². The van der Waals surface area contributed by atoms with Crippen molar-refractivity contribution in [1.29, 1.82) is 0 Å². The molecule has 0 bridgehead atoms. The maximum absolute atomic E-state index is 11.0. The molecule has 3 nitrogen and oxygen atoms in total. The molecule has 3 unspecified atom stereocenters. The molecule has 0 saturated heterocycles. The minimum atomic E-state index is -0.614. The first kappa shape index (κ1) is 12.6. The van der Waals surface area contributed by atoms with Crippen LogP contribution in [0, 0.1) is 11.8 Å². The van der Waals surface area contributed by atoms with E-state index < -0.39 is 5.97 Å². The topological polar surface area (TPSA) is 49.3 Å². The lowest BCUT2D eigenvalue weighted by Crippen LogP contribution is -2.39. The molecule has 2 aliphatic carbocycles. The molecule has 17 heavy (non-hydrogen) atoms. The Bertz CT molecular complexity index is 288. The van der Waals surface area contributed by atoms with Gasteiger partial charge in [0.05, 0.1) is 5.92 Å². The van der Waals surface area contributed by atoms with Crippen LogP contribution < -0.4 is 5.32 Å². The molecular weight excluding hydrogens is 214 g/mol. The molecule has 2 rings (SSSR count). The molecule has 0 aromatic carbocycles. The molecule has 3 heteroatoms. The normalized spacial score (nSPS) is 33.5. The maximum Gasteiger partial charge on any atom is 0.306 e. The molecule has 3 atom stereocenters. The summed E-state index contributed by atoms with van der Waals surface area (Å²) in [7, 11) is 0. The van der Waals surface area contributed by atoms with Crippen LogP contribution in [-0.4, -0.2) is 23.7 Å². The van der Waals surface area contributed by atoms with Crippen molar-refractivity contribution in [3.8, 4) is 0 Å². The number of rotatable bonds is 4. The fourth-order valence-corrected chi connectivity index (χ4v) is 2.97. The summed E-state index contributed by atoms with van der Waals surface area (Å²) in [6.45, 7) is 1.06. The lowest BCUT2D eigenvalue weighted by Gasteiger charge is -2.29. The summed E-state index contributed by atoms with van der Waals surface area (Å²) in [5.74, 6) is 0.0230. The lowest BCUT2D eigenvalue weighted by atomic mass is 9.85. The van der Waals surface area contributed by atoms with Gasteiger partial charge in [-0.2, -0.15) is 0 Å². The molecular formula is C14H23NO2. The van der Waals surface area contributed by atoms with Crippen LogP contribution in [0.3, 0.4) is 0 Å². The van der Waals surface area contributed by atoms with Crippen molar-refractivity contribution in [2.45, 2.75) is 51.0 Å². The summed E-state index contributed by atoms with van der Waals surface area (Å²) in [6.07, 6.45) is 12.1. The van der Waals surface area contributed by atoms with Gasteiger partial charge in [0.1, 0.15) is 0 Å². The third kappa shape index (κ3) is 3.84. The van der Waals surface area contributed by atoms with E-state index in [0.717, 1.165) is 38.1 Å². The van der Waals surface area contributed by atoms with Crippen LogP contribution in [0.2, 0.25) is 0 Å². The fraction of sp³-hybridized carbons (Fsp3) is 0.786. The zero-order chi connectivity index (χ0) is 12.1. The number of carboxylic acids is 1. The SMILES string of the molecule is O=C(O)C1CCCC(NCC2CC=CCC2)C1. The van der Waals surface area contributed by atoms with Crippen LogP contribution in [0.15, 0.2) is 12.2 Å². The van der Waals surface area contributed by atoms with Crippen LogP contribution >= 0.6 is 0 Å². The van der Waals surface area contributed by atoms with Gasteiger partial charge in [-0.1, -0.05) is 18.6 Å². The summed E-state index contributed by atoms with van der Waals surface area (Å²) in [5, 5.41) is 12.6. The minimum Gasteiger partial charge on any atom is -0.481 e. The van der Waals surface area contributed by atoms with Crippen LogP contribution in [0.4, 0.5) is 0 Å². The standard InChI is InChI=1S/C14H23NO2/c16-14(17)12-7-4-8-13(9-12)15-10-11-5-2-1-3-6-11/h1-2,11-13,15H,3-10H2,(H,16,17). The number of hydrogen-bond donors (Lipinski definition) is 2. The summed E-state index contributed by atoms with van der Waals surface area (Å²) >= 11 is 0. The molecule has 0 aromatic heterocycles. The van der Waals surface area contributed by atoms with E-state index in [-0.39, 0.29) is 5.92 Å². The number of hydrogen-bond acceptors (Lipinski definition) is 2. The lowest BCUT2D eigenvalue weighted by molar-refractivity contribution is -0.143. The van der Waals surface area contributed by atoms with E-state index in [1.165, 1.54) is 19.3 Å². The summed E-state index contributed by atoms with van der Waals surface area (Å²) < 4.78 is 0. The zero-order valence-electron chi connectivity index (χ0n) is 10.4. The summed E-state index contributed by atoms with van der Waals surface area (Å²) in [4.78, 5) is 11.0. The monoisotopic (exact) mass is 237 g/mol. The highest BCUT2D eigenvalue weighted by Crippen LogP contribution is 2.25. The number of allylic oxidation sites excluding steroid dienone is 2. The molecule has 96 valence electrons. The molecule has 0 heterocycles. The van der Waals surface area contributed by atoms with Gasteiger partial charge < -0.3 is 10.4 Å². The van der Waals surface area contributed by atoms with Gasteiger partial charge in [-0.15, -0.1) is 0 Å². The smallest absolute Gasteiger partial charge is 0.306 e. The largest absolute Gasteiger partial charge is 0.481 e. The van der Waals surface area contributed by atoms with Gasteiger partial charge in [-0.3, -0.25) is 4.79 Å². The molecule has 0 spiro atoms. The van der Waals surface area contributed by atoms with Crippen molar-refractivity contribution >= 4 is 5.97 Å². The first-order chi connectivity index (χ1) is 8.25. The Labute approximate surface area is 103 Å². The average Bonchev–Trinajstić information content (AvgIpc) is 2.38. The second-order valence-corrected chi connectivity index (χ2v) is 5.46. The van der Waals surface area contributed by atoms with Crippen LogP contribution in [0.5, 0.6) is 0 Å². The van der Waals surface area contributed by atoms with E-state index in [0.29, 0.717) is 6.04 Å². The average molecular weight is 237 g/mol. The van der Waals surface area contributed by atoms with Gasteiger partial charge in [0.25, 0.3) is 0 Å². The Morgan fingerprint density at radius 3 is 2.88 bits per heavy atom. The van der Waals surface area contributed by atoms with Gasteiger partial charge in [0, 0.05) is 6.04 Å². The minimum absolute atomic E-state index is 0.118. The summed E-state index contributed by atoms with van der Waals surface area (Å²) in [5.41, 5.74) is 0. The Kier molecular flexibility index (Phi) is 4.60. The van der Waals surface area contributed by atoms with Gasteiger partial charge in [-0.25, -0.2) is 0 Å². The molecule has 0 amide bonds. The number of carbonyl (C=O) groups is 1.